The van der Waals surface area contributed by atoms with Gasteiger partial charge in [-0.1, -0.05) is 23.7 Å². The van der Waals surface area contributed by atoms with Gasteiger partial charge in [-0.25, -0.2) is 0 Å². The third-order valence-electron chi connectivity index (χ3n) is 4.02. The van der Waals surface area contributed by atoms with Crippen molar-refractivity contribution in [2.24, 2.45) is 0 Å². The quantitative estimate of drug-likeness (QED) is 0.947. The number of hydrogen-bond donors (Lipinski definition) is 1. The number of fused-ring (bicyclic) bond motifs is 1. The van der Waals surface area contributed by atoms with Crippen LogP contribution < -0.4 is 5.32 Å². The molecule has 114 valence electrons. The maximum atomic E-state index is 12.1. The van der Waals surface area contributed by atoms with Gasteiger partial charge in [-0.15, -0.1) is 0 Å². The Bertz CT molecular complexity index is 707. The summed E-state index contributed by atoms with van der Waals surface area (Å²) in [6, 6.07) is 9.78. The predicted molar refractivity (Wildman–Crippen MR) is 81.7 cm³/mol. The van der Waals surface area contributed by atoms with E-state index in [2.05, 4.69) is 10.4 Å². The topological polar surface area (TPSA) is 56.2 Å². The third kappa shape index (κ3) is 2.74. The number of aromatic nitrogens is 2. The molecule has 0 radical (unpaired) electrons. The summed E-state index contributed by atoms with van der Waals surface area (Å²) in [6.07, 6.45) is 2.08. The Kier molecular flexibility index (Phi) is 3.39. The summed E-state index contributed by atoms with van der Waals surface area (Å²) in [7, 11) is 0. The van der Waals surface area contributed by atoms with Crippen LogP contribution in [-0.2, 0) is 17.9 Å². The number of benzene rings is 1. The van der Waals surface area contributed by atoms with E-state index in [0.717, 1.165) is 24.1 Å². The molecule has 1 atom stereocenters. The lowest BCUT2D eigenvalue weighted by atomic mass is 10.1. The summed E-state index contributed by atoms with van der Waals surface area (Å²) in [5.74, 6) is -0.0903. The van der Waals surface area contributed by atoms with Crippen LogP contribution in [0.3, 0.4) is 0 Å². The van der Waals surface area contributed by atoms with E-state index in [-0.39, 0.29) is 12.0 Å². The van der Waals surface area contributed by atoms with Crippen LogP contribution in [0.1, 0.15) is 40.7 Å². The Hall–Kier alpha value is -1.85. The zero-order valence-electron chi connectivity index (χ0n) is 12.0. The monoisotopic (exact) mass is 317 g/mol. The highest BCUT2D eigenvalue weighted by Gasteiger charge is 2.27. The zero-order valence-corrected chi connectivity index (χ0v) is 12.7. The molecule has 2 heterocycles. The van der Waals surface area contributed by atoms with Gasteiger partial charge in [0.15, 0.2) is 5.69 Å². The molecule has 1 aromatic carbocycles. The number of hydrogen-bond acceptors (Lipinski definition) is 3. The van der Waals surface area contributed by atoms with Gasteiger partial charge >= 0.3 is 0 Å². The van der Waals surface area contributed by atoms with Gasteiger partial charge in [0, 0.05) is 11.1 Å². The lowest BCUT2D eigenvalue weighted by Gasteiger charge is -2.24. The molecule has 22 heavy (non-hydrogen) atoms. The number of nitrogens with one attached hydrogen (secondary N) is 1. The predicted octanol–water partition coefficient (Wildman–Crippen LogP) is 2.70. The van der Waals surface area contributed by atoms with Crippen LogP contribution in [0.25, 0.3) is 0 Å². The van der Waals surface area contributed by atoms with Crippen LogP contribution >= 0.6 is 11.6 Å². The van der Waals surface area contributed by atoms with Crippen LogP contribution in [0.2, 0.25) is 5.02 Å². The highest BCUT2D eigenvalue weighted by atomic mass is 35.5. The molecule has 1 aliphatic heterocycles. The fourth-order valence-corrected chi connectivity index (χ4v) is 2.73. The second-order valence-electron chi connectivity index (χ2n) is 5.80. The van der Waals surface area contributed by atoms with Gasteiger partial charge < -0.3 is 10.1 Å². The number of rotatable bonds is 3. The second-order valence-corrected chi connectivity index (χ2v) is 6.24. The molecule has 1 fully saturated rings. The van der Waals surface area contributed by atoms with Gasteiger partial charge in [0.25, 0.3) is 5.91 Å². The lowest BCUT2D eigenvalue weighted by molar-refractivity contribution is -0.00119. The van der Waals surface area contributed by atoms with E-state index < -0.39 is 0 Å². The summed E-state index contributed by atoms with van der Waals surface area (Å²) >= 11 is 5.91. The minimum absolute atomic E-state index is 0.0657. The Morgan fingerprint density at radius 2 is 2.09 bits per heavy atom. The number of carbonyl (C=O) groups is 1. The maximum absolute atomic E-state index is 12.1. The number of amides is 1. The number of carbonyl (C=O) groups excluding carboxylic acids is 1. The highest BCUT2D eigenvalue weighted by molar-refractivity contribution is 6.30. The molecular weight excluding hydrogens is 302 g/mol. The van der Waals surface area contributed by atoms with E-state index in [1.807, 2.05) is 35.0 Å². The molecule has 4 rings (SSSR count). The average molecular weight is 318 g/mol. The molecule has 1 aromatic heterocycles. The van der Waals surface area contributed by atoms with Crippen molar-refractivity contribution in [2.45, 2.75) is 38.1 Å². The maximum Gasteiger partial charge on any atom is 0.272 e. The highest BCUT2D eigenvalue weighted by Crippen LogP contribution is 2.27. The largest absolute Gasteiger partial charge is 0.365 e. The van der Waals surface area contributed by atoms with Crippen molar-refractivity contribution in [3.05, 3.63) is 52.3 Å². The summed E-state index contributed by atoms with van der Waals surface area (Å²) in [5, 5.41) is 8.09. The number of nitrogens with zero attached hydrogens (tertiary/aromatic N) is 2. The van der Waals surface area contributed by atoms with E-state index in [1.54, 1.807) is 0 Å². The van der Waals surface area contributed by atoms with Gasteiger partial charge in [0.2, 0.25) is 0 Å². The molecule has 0 spiro atoms. The molecule has 1 amide bonds. The molecule has 1 saturated carbocycles. The zero-order chi connectivity index (χ0) is 15.1. The van der Waals surface area contributed by atoms with E-state index in [9.17, 15) is 4.79 Å². The first-order valence-corrected chi connectivity index (χ1v) is 7.81. The van der Waals surface area contributed by atoms with Gasteiger partial charge in [-0.05, 0) is 36.6 Å². The molecule has 6 heteroatoms. The van der Waals surface area contributed by atoms with Crippen molar-refractivity contribution in [3.8, 4) is 0 Å². The first kappa shape index (κ1) is 13.8. The summed E-state index contributed by atoms with van der Waals surface area (Å²) in [5.41, 5.74) is 2.47. The molecule has 0 saturated heterocycles. The van der Waals surface area contributed by atoms with Crippen LogP contribution in [0.4, 0.5) is 0 Å². The summed E-state index contributed by atoms with van der Waals surface area (Å²) in [4.78, 5) is 12.1. The fourth-order valence-electron chi connectivity index (χ4n) is 2.60. The second kappa shape index (κ2) is 5.41. The van der Waals surface area contributed by atoms with E-state index in [1.165, 1.54) is 0 Å². The molecule has 2 aromatic rings. The van der Waals surface area contributed by atoms with Crippen LogP contribution in [0, 0.1) is 0 Å². The van der Waals surface area contributed by atoms with E-state index in [0.29, 0.717) is 29.9 Å². The normalized spacial score (nSPS) is 20.5. The Morgan fingerprint density at radius 1 is 1.32 bits per heavy atom. The number of halogens is 1. The molecule has 5 nitrogen and oxygen atoms in total. The van der Waals surface area contributed by atoms with Crippen LogP contribution in [0.15, 0.2) is 30.3 Å². The third-order valence-corrected chi connectivity index (χ3v) is 4.27. The van der Waals surface area contributed by atoms with Crippen molar-refractivity contribution in [2.75, 3.05) is 0 Å². The molecule has 1 N–H and O–H groups in total. The minimum Gasteiger partial charge on any atom is -0.365 e. The van der Waals surface area contributed by atoms with Crippen LogP contribution in [0.5, 0.6) is 0 Å². The van der Waals surface area contributed by atoms with Crippen molar-refractivity contribution in [3.63, 3.8) is 0 Å². The molecular formula is C16H16ClN3O2. The van der Waals surface area contributed by atoms with Gasteiger partial charge in [0.05, 0.1) is 18.8 Å². The van der Waals surface area contributed by atoms with Crippen molar-refractivity contribution in [1.82, 2.24) is 15.1 Å². The van der Waals surface area contributed by atoms with Gasteiger partial charge in [-0.3, -0.25) is 9.48 Å². The van der Waals surface area contributed by atoms with Gasteiger partial charge in [-0.2, -0.15) is 5.10 Å². The summed E-state index contributed by atoms with van der Waals surface area (Å²) < 4.78 is 7.75. The molecule has 0 unspecified atom stereocenters. The average Bonchev–Trinajstić information content (AvgIpc) is 3.23. The number of ether oxygens (including phenoxy) is 1. The van der Waals surface area contributed by atoms with Crippen molar-refractivity contribution in [1.29, 1.82) is 0 Å². The van der Waals surface area contributed by atoms with Gasteiger partial charge in [0.1, 0.15) is 6.10 Å². The molecule has 1 aliphatic carbocycles. The lowest BCUT2D eigenvalue weighted by Crippen LogP contribution is -2.26. The van der Waals surface area contributed by atoms with Crippen molar-refractivity contribution >= 4 is 17.5 Å². The Labute approximate surface area is 133 Å². The SMILES string of the molecule is O=C(NC1CC1)c1cc2n(n1)C[C@@H](c1ccc(Cl)cc1)OC2. The summed E-state index contributed by atoms with van der Waals surface area (Å²) in [6.45, 7) is 1.06. The Balaban J connectivity index is 1.51. The molecule has 2 aliphatic rings. The van der Waals surface area contributed by atoms with Crippen LogP contribution in [-0.4, -0.2) is 21.7 Å². The Morgan fingerprint density at radius 3 is 2.82 bits per heavy atom. The standard InChI is InChI=1S/C16H16ClN3O2/c17-11-3-1-10(2-4-11)15-8-20-13(9-22-15)7-14(19-20)16(21)18-12-5-6-12/h1-4,7,12,15H,5-6,8-9H2,(H,18,21)/t15-/m0/s1. The molecule has 0 bridgehead atoms. The first-order valence-electron chi connectivity index (χ1n) is 7.44. The fraction of sp³-hybridized carbons (Fsp3) is 0.375. The van der Waals surface area contributed by atoms with E-state index >= 15 is 0 Å². The first-order chi connectivity index (χ1) is 10.7. The minimum atomic E-state index is -0.0903. The van der Waals surface area contributed by atoms with Crippen molar-refractivity contribution < 1.29 is 9.53 Å². The van der Waals surface area contributed by atoms with E-state index in [4.69, 9.17) is 16.3 Å². The smallest absolute Gasteiger partial charge is 0.272 e.